The summed E-state index contributed by atoms with van der Waals surface area (Å²) >= 11 is 1.87. The van der Waals surface area contributed by atoms with Crippen molar-refractivity contribution in [3.63, 3.8) is 0 Å². The molecule has 6 heteroatoms. The molecule has 1 aromatic carbocycles. The minimum absolute atomic E-state index is 0.227. The SMILES string of the molecule is CSC1CCCCC1n1nnc2c(C(=O)O)cccc21. The van der Waals surface area contributed by atoms with Crippen LogP contribution in [0.3, 0.4) is 0 Å². The van der Waals surface area contributed by atoms with Gasteiger partial charge in [0.1, 0.15) is 5.52 Å². The van der Waals surface area contributed by atoms with Gasteiger partial charge in [-0.2, -0.15) is 11.8 Å². The van der Waals surface area contributed by atoms with Crippen LogP contribution in [0.5, 0.6) is 0 Å². The van der Waals surface area contributed by atoms with Crippen LogP contribution in [-0.4, -0.2) is 37.6 Å². The fraction of sp³-hybridized carbons (Fsp3) is 0.500. The van der Waals surface area contributed by atoms with E-state index in [0.29, 0.717) is 16.8 Å². The summed E-state index contributed by atoms with van der Waals surface area (Å²) in [5.41, 5.74) is 1.55. The number of carbonyl (C=O) groups is 1. The Morgan fingerprint density at radius 1 is 1.40 bits per heavy atom. The minimum atomic E-state index is -0.951. The van der Waals surface area contributed by atoms with Crippen LogP contribution in [0.15, 0.2) is 18.2 Å². The quantitative estimate of drug-likeness (QED) is 0.941. The van der Waals surface area contributed by atoms with Crippen LogP contribution < -0.4 is 0 Å². The van der Waals surface area contributed by atoms with E-state index in [0.717, 1.165) is 11.9 Å². The van der Waals surface area contributed by atoms with Crippen molar-refractivity contribution >= 4 is 28.8 Å². The summed E-state index contributed by atoms with van der Waals surface area (Å²) in [7, 11) is 0. The third-order valence-corrected chi connectivity index (χ3v) is 5.17. The number of carboxylic acid groups (broad SMARTS) is 1. The Hall–Kier alpha value is -1.56. The molecule has 0 amide bonds. The topological polar surface area (TPSA) is 68.0 Å². The van der Waals surface area contributed by atoms with E-state index in [4.69, 9.17) is 0 Å². The lowest BCUT2D eigenvalue weighted by atomic mass is 9.95. The first kappa shape index (κ1) is 13.4. The zero-order valence-electron chi connectivity index (χ0n) is 11.3. The zero-order valence-corrected chi connectivity index (χ0v) is 12.1. The van der Waals surface area contributed by atoms with E-state index in [9.17, 15) is 9.90 Å². The normalized spacial score (nSPS) is 23.1. The monoisotopic (exact) mass is 291 g/mol. The maximum Gasteiger partial charge on any atom is 0.338 e. The van der Waals surface area contributed by atoms with E-state index in [1.54, 1.807) is 12.1 Å². The Labute approximate surface area is 121 Å². The molecule has 1 aliphatic rings. The third kappa shape index (κ3) is 2.18. The van der Waals surface area contributed by atoms with E-state index < -0.39 is 5.97 Å². The van der Waals surface area contributed by atoms with Crippen molar-refractivity contribution < 1.29 is 9.90 Å². The Balaban J connectivity index is 2.08. The van der Waals surface area contributed by atoms with Crippen molar-refractivity contribution in [3.05, 3.63) is 23.8 Å². The van der Waals surface area contributed by atoms with Gasteiger partial charge in [0.15, 0.2) is 0 Å². The molecule has 106 valence electrons. The molecule has 2 unspecified atom stereocenters. The Bertz CT molecular complexity index is 640. The van der Waals surface area contributed by atoms with Crippen molar-refractivity contribution in [2.24, 2.45) is 0 Å². The lowest BCUT2D eigenvalue weighted by Crippen LogP contribution is -2.26. The lowest BCUT2D eigenvalue weighted by Gasteiger charge is -2.30. The van der Waals surface area contributed by atoms with Gasteiger partial charge in [-0.25, -0.2) is 9.48 Å². The van der Waals surface area contributed by atoms with E-state index in [1.807, 2.05) is 22.5 Å². The van der Waals surface area contributed by atoms with E-state index >= 15 is 0 Å². The second-order valence-electron chi connectivity index (χ2n) is 5.14. The molecule has 2 atom stereocenters. The van der Waals surface area contributed by atoms with Gasteiger partial charge in [-0.05, 0) is 31.2 Å². The molecule has 0 radical (unpaired) electrons. The Morgan fingerprint density at radius 2 is 2.20 bits per heavy atom. The molecule has 20 heavy (non-hydrogen) atoms. The second-order valence-corrected chi connectivity index (χ2v) is 6.22. The molecule has 3 rings (SSSR count). The zero-order chi connectivity index (χ0) is 14.1. The first-order valence-corrected chi connectivity index (χ1v) is 8.11. The van der Waals surface area contributed by atoms with Gasteiger partial charge in [-0.15, -0.1) is 5.10 Å². The fourth-order valence-corrected chi connectivity index (χ4v) is 3.98. The first-order chi connectivity index (χ1) is 9.72. The number of aromatic carboxylic acids is 1. The van der Waals surface area contributed by atoms with Gasteiger partial charge >= 0.3 is 5.97 Å². The molecule has 5 nitrogen and oxygen atoms in total. The van der Waals surface area contributed by atoms with Crippen molar-refractivity contribution in [3.8, 4) is 0 Å². The van der Waals surface area contributed by atoms with Gasteiger partial charge in [0, 0.05) is 5.25 Å². The Morgan fingerprint density at radius 3 is 2.95 bits per heavy atom. The number of carboxylic acids is 1. The fourth-order valence-electron chi connectivity index (χ4n) is 3.01. The van der Waals surface area contributed by atoms with Crippen LogP contribution in [0.2, 0.25) is 0 Å². The highest BCUT2D eigenvalue weighted by Crippen LogP contribution is 2.36. The summed E-state index contributed by atoms with van der Waals surface area (Å²) in [6, 6.07) is 5.57. The maximum atomic E-state index is 11.2. The maximum absolute atomic E-state index is 11.2. The predicted octanol–water partition coefficient (Wildman–Crippen LogP) is 2.98. The second kappa shape index (κ2) is 5.44. The summed E-state index contributed by atoms with van der Waals surface area (Å²) in [6.07, 6.45) is 6.86. The summed E-state index contributed by atoms with van der Waals surface area (Å²) in [4.78, 5) is 11.2. The number of hydrogen-bond donors (Lipinski definition) is 1. The van der Waals surface area contributed by atoms with E-state index in [-0.39, 0.29) is 5.56 Å². The number of thioether (sulfide) groups is 1. The number of hydrogen-bond acceptors (Lipinski definition) is 4. The highest BCUT2D eigenvalue weighted by Gasteiger charge is 2.28. The average molecular weight is 291 g/mol. The smallest absolute Gasteiger partial charge is 0.338 e. The molecule has 1 N–H and O–H groups in total. The molecule has 1 aliphatic carbocycles. The van der Waals surface area contributed by atoms with Crippen LogP contribution >= 0.6 is 11.8 Å². The van der Waals surface area contributed by atoms with Gasteiger partial charge in [-0.1, -0.05) is 24.1 Å². The molecule has 1 fully saturated rings. The number of nitrogens with zero attached hydrogens (tertiary/aromatic N) is 3. The van der Waals surface area contributed by atoms with Crippen LogP contribution in [0.4, 0.5) is 0 Å². The molecule has 0 spiro atoms. The molecule has 2 aromatic rings. The summed E-state index contributed by atoms with van der Waals surface area (Å²) in [5, 5.41) is 18.1. The van der Waals surface area contributed by atoms with E-state index in [2.05, 4.69) is 16.6 Å². The van der Waals surface area contributed by atoms with Crippen LogP contribution in [-0.2, 0) is 0 Å². The van der Waals surface area contributed by atoms with Gasteiger partial charge in [0.2, 0.25) is 0 Å². The van der Waals surface area contributed by atoms with Crippen molar-refractivity contribution in [1.29, 1.82) is 0 Å². The highest BCUT2D eigenvalue weighted by atomic mass is 32.2. The van der Waals surface area contributed by atoms with Crippen LogP contribution in [0.1, 0.15) is 42.1 Å². The van der Waals surface area contributed by atoms with Gasteiger partial charge in [0.25, 0.3) is 0 Å². The predicted molar refractivity (Wildman–Crippen MR) is 79.3 cm³/mol. The molecule has 1 aromatic heterocycles. The summed E-state index contributed by atoms with van der Waals surface area (Å²) in [5.74, 6) is -0.951. The van der Waals surface area contributed by atoms with Crippen molar-refractivity contribution in [1.82, 2.24) is 15.0 Å². The van der Waals surface area contributed by atoms with Crippen molar-refractivity contribution in [2.45, 2.75) is 37.0 Å². The van der Waals surface area contributed by atoms with Gasteiger partial charge in [0.05, 0.1) is 17.1 Å². The molecular weight excluding hydrogens is 274 g/mol. The first-order valence-electron chi connectivity index (χ1n) is 6.82. The molecule has 0 aliphatic heterocycles. The van der Waals surface area contributed by atoms with E-state index in [1.165, 1.54) is 19.3 Å². The third-order valence-electron chi connectivity index (χ3n) is 4.02. The largest absolute Gasteiger partial charge is 0.478 e. The lowest BCUT2D eigenvalue weighted by molar-refractivity contribution is 0.0699. The van der Waals surface area contributed by atoms with Crippen molar-refractivity contribution in [2.75, 3.05) is 6.26 Å². The number of fused-ring (bicyclic) bond motifs is 1. The van der Waals surface area contributed by atoms with Gasteiger partial charge < -0.3 is 5.11 Å². The molecular formula is C14H17N3O2S. The highest BCUT2D eigenvalue weighted by molar-refractivity contribution is 7.99. The molecule has 1 heterocycles. The summed E-state index contributed by atoms with van der Waals surface area (Å²) < 4.78 is 1.93. The standard InChI is InChI=1S/C14H17N3O2S/c1-20-12-8-3-2-6-10(12)17-11-7-4-5-9(14(18)19)13(11)15-16-17/h4-5,7,10,12H,2-3,6,8H2,1H3,(H,18,19). The number of benzene rings is 1. The molecule has 1 saturated carbocycles. The minimum Gasteiger partial charge on any atom is -0.478 e. The number of aromatic nitrogens is 3. The average Bonchev–Trinajstić information content (AvgIpc) is 2.90. The number of rotatable bonds is 3. The Kier molecular flexibility index (Phi) is 3.65. The summed E-state index contributed by atoms with van der Waals surface area (Å²) in [6.45, 7) is 0. The van der Waals surface area contributed by atoms with Gasteiger partial charge in [-0.3, -0.25) is 0 Å². The molecule has 0 saturated heterocycles. The molecule has 0 bridgehead atoms. The van der Waals surface area contributed by atoms with Crippen LogP contribution in [0.25, 0.3) is 11.0 Å². The van der Waals surface area contributed by atoms with Crippen LogP contribution in [0, 0.1) is 0 Å².